The zero-order valence-electron chi connectivity index (χ0n) is 22.7. The molecule has 0 radical (unpaired) electrons. The summed E-state index contributed by atoms with van der Waals surface area (Å²) in [5, 5.41) is 0. The Balaban J connectivity index is 1.72. The van der Waals surface area contributed by atoms with Gasteiger partial charge in [0.1, 0.15) is 6.10 Å². The van der Waals surface area contributed by atoms with Crippen molar-refractivity contribution < 1.29 is 9.47 Å². The van der Waals surface area contributed by atoms with Crippen LogP contribution in [-0.2, 0) is 29.1 Å². The van der Waals surface area contributed by atoms with Crippen molar-refractivity contribution in [1.29, 1.82) is 0 Å². The van der Waals surface area contributed by atoms with Gasteiger partial charge in [-0.25, -0.2) is 28.1 Å². The lowest BCUT2D eigenvalue weighted by Gasteiger charge is -2.29. The summed E-state index contributed by atoms with van der Waals surface area (Å²) in [6.07, 6.45) is 11.0. The quantitative estimate of drug-likeness (QED) is 0.184. The molecule has 2 saturated heterocycles. The van der Waals surface area contributed by atoms with Crippen LogP contribution in [0.1, 0.15) is 98.3 Å². The third-order valence-electron chi connectivity index (χ3n) is 7.59. The minimum Gasteiger partial charge on any atom is -0.371 e. The Morgan fingerprint density at radius 1 is 0.861 bits per heavy atom. The van der Waals surface area contributed by atoms with Crippen molar-refractivity contribution in [3.63, 3.8) is 0 Å². The predicted octanol–water partition coefficient (Wildman–Crippen LogP) is 3.70. The lowest BCUT2D eigenvalue weighted by molar-refractivity contribution is 0.227. The first-order valence-electron chi connectivity index (χ1n) is 13.9. The molecule has 3 rings (SSSR count). The van der Waals surface area contributed by atoms with Gasteiger partial charge in [0.05, 0.1) is 31.9 Å². The highest BCUT2D eigenvalue weighted by atomic mass is 16.6. The maximum Gasteiger partial charge on any atom is 0.336 e. The van der Waals surface area contributed by atoms with Crippen molar-refractivity contribution in [3.05, 3.63) is 31.5 Å². The average molecular weight is 504 g/mol. The van der Waals surface area contributed by atoms with E-state index in [2.05, 4.69) is 32.6 Å². The van der Waals surface area contributed by atoms with Crippen LogP contribution in [0.15, 0.2) is 14.4 Å². The highest BCUT2D eigenvalue weighted by Crippen LogP contribution is 2.35. The van der Waals surface area contributed by atoms with E-state index < -0.39 is 17.1 Å². The third-order valence-corrected chi connectivity index (χ3v) is 7.59. The molecule has 3 heterocycles. The molecule has 4 atom stereocenters. The predicted molar refractivity (Wildman–Crippen MR) is 141 cm³/mol. The second-order valence-corrected chi connectivity index (χ2v) is 10.8. The summed E-state index contributed by atoms with van der Waals surface area (Å²) in [7, 11) is 0. The summed E-state index contributed by atoms with van der Waals surface area (Å²) in [4.78, 5) is 39.7. The molecule has 2 fully saturated rings. The van der Waals surface area contributed by atoms with Gasteiger partial charge in [-0.05, 0) is 57.3 Å². The number of unbranched alkanes of at least 4 members (excludes halogenated alkanes) is 3. The Morgan fingerprint density at radius 3 is 2.17 bits per heavy atom. The van der Waals surface area contributed by atoms with Gasteiger partial charge in [-0.1, -0.05) is 40.0 Å². The van der Waals surface area contributed by atoms with E-state index in [0.29, 0.717) is 13.2 Å². The number of ether oxygens (including phenoxy) is 2. The number of hydrogen-bond donors (Lipinski definition) is 0. The molecule has 8 heteroatoms. The van der Waals surface area contributed by atoms with Crippen molar-refractivity contribution in [2.24, 2.45) is 5.41 Å². The van der Waals surface area contributed by atoms with E-state index in [1.807, 2.05) is 6.92 Å². The summed E-state index contributed by atoms with van der Waals surface area (Å²) in [5.41, 5.74) is -1.38. The molecular formula is C28H45N3O5. The van der Waals surface area contributed by atoms with Crippen LogP contribution in [-0.4, -0.2) is 38.6 Å². The molecule has 202 valence electrons. The van der Waals surface area contributed by atoms with Crippen LogP contribution in [0, 0.1) is 17.3 Å². The summed E-state index contributed by atoms with van der Waals surface area (Å²) >= 11 is 0. The van der Waals surface area contributed by atoms with Crippen molar-refractivity contribution in [2.45, 2.75) is 136 Å². The maximum absolute atomic E-state index is 13.3. The molecule has 0 spiro atoms. The van der Waals surface area contributed by atoms with Gasteiger partial charge in [0, 0.05) is 13.0 Å². The third kappa shape index (κ3) is 7.94. The summed E-state index contributed by atoms with van der Waals surface area (Å²) in [6.45, 7) is 9.80. The van der Waals surface area contributed by atoms with Gasteiger partial charge in [-0.15, -0.1) is 11.8 Å². The fourth-order valence-electron chi connectivity index (χ4n) is 5.27. The lowest BCUT2D eigenvalue weighted by Crippen LogP contribution is -2.55. The second-order valence-electron chi connectivity index (χ2n) is 10.8. The van der Waals surface area contributed by atoms with Gasteiger partial charge >= 0.3 is 17.1 Å². The Bertz CT molecular complexity index is 1090. The van der Waals surface area contributed by atoms with Crippen molar-refractivity contribution >= 4 is 0 Å². The van der Waals surface area contributed by atoms with E-state index in [4.69, 9.17) is 9.47 Å². The van der Waals surface area contributed by atoms with Crippen molar-refractivity contribution in [3.8, 4) is 11.8 Å². The van der Waals surface area contributed by atoms with Gasteiger partial charge in [-0.2, -0.15) is 0 Å². The number of epoxide rings is 2. The summed E-state index contributed by atoms with van der Waals surface area (Å²) < 4.78 is 14.7. The monoisotopic (exact) mass is 503 g/mol. The molecule has 0 aromatic carbocycles. The number of aromatic nitrogens is 3. The molecule has 0 amide bonds. The second kappa shape index (κ2) is 13.4. The van der Waals surface area contributed by atoms with Gasteiger partial charge in [0.2, 0.25) is 0 Å². The summed E-state index contributed by atoms with van der Waals surface area (Å²) in [6, 6.07) is 0. The van der Waals surface area contributed by atoms with E-state index in [9.17, 15) is 14.4 Å². The Labute approximate surface area is 215 Å². The van der Waals surface area contributed by atoms with Crippen LogP contribution in [0.4, 0.5) is 0 Å². The average Bonchev–Trinajstić information content (AvgIpc) is 3.78. The van der Waals surface area contributed by atoms with E-state index in [0.717, 1.165) is 64.2 Å². The first-order chi connectivity index (χ1) is 17.3. The summed E-state index contributed by atoms with van der Waals surface area (Å²) in [5.74, 6) is 5.97. The minimum absolute atomic E-state index is 0.0554. The zero-order valence-corrected chi connectivity index (χ0v) is 22.7. The van der Waals surface area contributed by atoms with Gasteiger partial charge in [-0.3, -0.25) is 0 Å². The van der Waals surface area contributed by atoms with Gasteiger partial charge in [0.25, 0.3) is 0 Å². The van der Waals surface area contributed by atoms with Crippen LogP contribution in [0.2, 0.25) is 0 Å². The van der Waals surface area contributed by atoms with Crippen molar-refractivity contribution in [2.75, 3.05) is 6.61 Å². The van der Waals surface area contributed by atoms with Crippen LogP contribution in [0.3, 0.4) is 0 Å². The normalized spacial score (nSPS) is 22.1. The highest BCUT2D eigenvalue weighted by Gasteiger charge is 2.39. The SMILES string of the molecule is CC#CCCCCC1OC1Cn1c(=O)n(CCCC(C)(CCC)CCCC)c(=O)n(CC2CO2)c1=O. The van der Waals surface area contributed by atoms with E-state index in [1.165, 1.54) is 20.1 Å². The molecule has 0 bridgehead atoms. The van der Waals surface area contributed by atoms with E-state index in [1.54, 1.807) is 0 Å². The Morgan fingerprint density at radius 2 is 1.53 bits per heavy atom. The Kier molecular flexibility index (Phi) is 10.6. The molecule has 1 aromatic heterocycles. The topological polar surface area (TPSA) is 91.1 Å². The molecule has 2 aliphatic rings. The molecule has 8 nitrogen and oxygen atoms in total. The van der Waals surface area contributed by atoms with Crippen LogP contribution in [0.5, 0.6) is 0 Å². The maximum atomic E-state index is 13.3. The van der Waals surface area contributed by atoms with Crippen LogP contribution < -0.4 is 17.1 Å². The molecule has 0 aliphatic carbocycles. The minimum atomic E-state index is -0.553. The van der Waals surface area contributed by atoms with E-state index in [-0.39, 0.29) is 36.8 Å². The number of nitrogens with zero attached hydrogens (tertiary/aromatic N) is 3. The first-order valence-corrected chi connectivity index (χ1v) is 13.9. The highest BCUT2D eigenvalue weighted by molar-refractivity contribution is 4.95. The molecule has 36 heavy (non-hydrogen) atoms. The lowest BCUT2D eigenvalue weighted by atomic mass is 9.77. The largest absolute Gasteiger partial charge is 0.371 e. The van der Waals surface area contributed by atoms with Crippen LogP contribution in [0.25, 0.3) is 0 Å². The molecule has 4 unspecified atom stereocenters. The smallest absolute Gasteiger partial charge is 0.336 e. The van der Waals surface area contributed by atoms with Gasteiger partial charge in [0.15, 0.2) is 0 Å². The molecule has 2 aliphatic heterocycles. The fourth-order valence-corrected chi connectivity index (χ4v) is 5.27. The molecule has 1 aromatic rings. The number of hydrogen-bond acceptors (Lipinski definition) is 5. The standard InChI is InChI=1S/C28H45N3O5/c1-5-8-10-11-12-14-23-24(36-23)20-31-26(33)29(25(32)30(27(31)34)19-22-21-35-22)18-13-17-28(4,15-7-3)16-9-6-2/h22-24H,6-7,9-21H2,1-4H3. The first kappa shape index (κ1) is 28.5. The van der Waals surface area contributed by atoms with Crippen molar-refractivity contribution in [1.82, 2.24) is 13.7 Å². The molecule has 0 saturated carbocycles. The molecular weight excluding hydrogens is 458 g/mol. The zero-order chi connectivity index (χ0) is 26.1. The number of rotatable bonds is 17. The van der Waals surface area contributed by atoms with Crippen LogP contribution >= 0.6 is 0 Å². The Hall–Kier alpha value is -2.11. The van der Waals surface area contributed by atoms with Gasteiger partial charge < -0.3 is 9.47 Å². The van der Waals surface area contributed by atoms with E-state index >= 15 is 0 Å². The molecule has 0 N–H and O–H groups in total. The fraction of sp³-hybridized carbons (Fsp3) is 0.821.